The van der Waals surface area contributed by atoms with Crippen LogP contribution in [-0.4, -0.2) is 17.7 Å². The molecule has 0 spiro atoms. The minimum Gasteiger partial charge on any atom is -0.353 e. The summed E-state index contributed by atoms with van der Waals surface area (Å²) in [5, 5.41) is 2.96. The van der Waals surface area contributed by atoms with E-state index in [0.29, 0.717) is 5.75 Å². The van der Waals surface area contributed by atoms with Gasteiger partial charge in [0.1, 0.15) is 0 Å². The fourth-order valence-electron chi connectivity index (χ4n) is 1.25. The number of hydrogen-bond donors (Lipinski definition) is 1. The average Bonchev–Trinajstić information content (AvgIpc) is 2.30. The lowest BCUT2D eigenvalue weighted by Crippen LogP contribution is -2.33. The number of benzene rings is 1. The molecule has 88 valence electrons. The number of carbonyl (C=O) groups is 1. The Morgan fingerprint density at radius 1 is 1.38 bits per heavy atom. The number of rotatable bonds is 6. The van der Waals surface area contributed by atoms with E-state index in [-0.39, 0.29) is 11.9 Å². The van der Waals surface area contributed by atoms with E-state index in [1.807, 2.05) is 25.1 Å². The number of hydrogen-bond acceptors (Lipinski definition) is 2. The van der Waals surface area contributed by atoms with Crippen LogP contribution in [0, 0.1) is 0 Å². The van der Waals surface area contributed by atoms with Gasteiger partial charge in [0.25, 0.3) is 0 Å². The molecule has 0 saturated heterocycles. The molecule has 1 aromatic rings. The third-order valence-corrected chi connectivity index (χ3v) is 3.37. The average molecular weight is 237 g/mol. The maximum absolute atomic E-state index is 11.5. The molecule has 0 saturated carbocycles. The van der Waals surface area contributed by atoms with Crippen LogP contribution in [-0.2, 0) is 10.5 Å². The second-order valence-corrected chi connectivity index (χ2v) is 4.84. The number of thioether (sulfide) groups is 1. The molecule has 0 radical (unpaired) electrons. The predicted molar refractivity (Wildman–Crippen MR) is 70.5 cm³/mol. The van der Waals surface area contributed by atoms with Crippen molar-refractivity contribution in [2.24, 2.45) is 0 Å². The van der Waals surface area contributed by atoms with Crippen LogP contribution in [0.2, 0.25) is 0 Å². The molecular weight excluding hydrogens is 218 g/mol. The molecule has 3 heteroatoms. The van der Waals surface area contributed by atoms with Crippen molar-refractivity contribution >= 4 is 17.7 Å². The minimum absolute atomic E-state index is 0.135. The number of nitrogens with one attached hydrogen (secondary N) is 1. The first-order chi connectivity index (χ1) is 7.72. The zero-order valence-corrected chi connectivity index (χ0v) is 10.7. The van der Waals surface area contributed by atoms with Crippen molar-refractivity contribution in [3.8, 4) is 0 Å². The van der Waals surface area contributed by atoms with Gasteiger partial charge in [-0.1, -0.05) is 37.3 Å². The topological polar surface area (TPSA) is 29.1 Å². The fourth-order valence-corrected chi connectivity index (χ4v) is 2.05. The molecule has 16 heavy (non-hydrogen) atoms. The maximum Gasteiger partial charge on any atom is 0.230 e. The van der Waals surface area contributed by atoms with Crippen LogP contribution in [0.5, 0.6) is 0 Å². The lowest BCUT2D eigenvalue weighted by molar-refractivity contribution is -0.119. The smallest absolute Gasteiger partial charge is 0.230 e. The van der Waals surface area contributed by atoms with Gasteiger partial charge in [-0.25, -0.2) is 0 Å². The standard InChI is InChI=1S/C13H19NOS/c1-3-11(2)14-13(15)10-16-9-12-7-5-4-6-8-12/h4-8,11H,3,9-10H2,1-2H3,(H,14,15)/t11-/m1/s1. The van der Waals surface area contributed by atoms with Crippen LogP contribution in [0.4, 0.5) is 0 Å². The molecule has 2 nitrogen and oxygen atoms in total. The van der Waals surface area contributed by atoms with E-state index >= 15 is 0 Å². The van der Waals surface area contributed by atoms with Gasteiger partial charge in [0.15, 0.2) is 0 Å². The Morgan fingerprint density at radius 3 is 2.69 bits per heavy atom. The highest BCUT2D eigenvalue weighted by molar-refractivity contribution is 7.99. The summed E-state index contributed by atoms with van der Waals surface area (Å²) < 4.78 is 0. The first-order valence-electron chi connectivity index (χ1n) is 5.63. The Balaban J connectivity index is 2.18. The van der Waals surface area contributed by atoms with Crippen molar-refractivity contribution in [1.29, 1.82) is 0 Å². The van der Waals surface area contributed by atoms with E-state index in [2.05, 4.69) is 24.4 Å². The molecule has 1 aromatic carbocycles. The first kappa shape index (κ1) is 13.1. The zero-order valence-electron chi connectivity index (χ0n) is 9.90. The summed E-state index contributed by atoms with van der Waals surface area (Å²) in [5.74, 6) is 1.57. The molecule has 0 bridgehead atoms. The van der Waals surface area contributed by atoms with Crippen LogP contribution in [0.3, 0.4) is 0 Å². The van der Waals surface area contributed by atoms with E-state index in [4.69, 9.17) is 0 Å². The molecule has 0 heterocycles. The van der Waals surface area contributed by atoms with E-state index in [1.54, 1.807) is 11.8 Å². The summed E-state index contributed by atoms with van der Waals surface area (Å²) in [6.07, 6.45) is 0.981. The third kappa shape index (κ3) is 5.21. The second kappa shape index (κ2) is 7.34. The van der Waals surface area contributed by atoms with E-state index in [9.17, 15) is 4.79 Å². The highest BCUT2D eigenvalue weighted by Crippen LogP contribution is 2.11. The van der Waals surface area contributed by atoms with Crippen molar-refractivity contribution < 1.29 is 4.79 Å². The molecule has 1 rings (SSSR count). The number of amides is 1. The fraction of sp³-hybridized carbons (Fsp3) is 0.462. The van der Waals surface area contributed by atoms with Crippen molar-refractivity contribution in [1.82, 2.24) is 5.32 Å². The Hall–Kier alpha value is -0.960. The predicted octanol–water partition coefficient (Wildman–Crippen LogP) is 2.83. The largest absolute Gasteiger partial charge is 0.353 e. The van der Waals surface area contributed by atoms with Crippen molar-refractivity contribution in [2.75, 3.05) is 5.75 Å². The quantitative estimate of drug-likeness (QED) is 0.824. The van der Waals surface area contributed by atoms with Gasteiger partial charge in [-0.05, 0) is 18.9 Å². The van der Waals surface area contributed by atoms with Gasteiger partial charge < -0.3 is 5.32 Å². The Labute approximate surface area is 102 Å². The third-order valence-electron chi connectivity index (χ3n) is 2.36. The van der Waals surface area contributed by atoms with Gasteiger partial charge in [0.2, 0.25) is 5.91 Å². The van der Waals surface area contributed by atoms with Crippen molar-refractivity contribution in [2.45, 2.75) is 32.1 Å². The Kier molecular flexibility index (Phi) is 6.01. The monoisotopic (exact) mass is 237 g/mol. The van der Waals surface area contributed by atoms with Gasteiger partial charge in [-0.15, -0.1) is 11.8 Å². The van der Waals surface area contributed by atoms with E-state index in [1.165, 1.54) is 5.56 Å². The molecular formula is C13H19NOS. The van der Waals surface area contributed by atoms with Crippen molar-refractivity contribution in [3.05, 3.63) is 35.9 Å². The van der Waals surface area contributed by atoms with Crippen LogP contribution in [0.1, 0.15) is 25.8 Å². The molecule has 1 N–H and O–H groups in total. The molecule has 0 unspecified atom stereocenters. The normalized spacial score (nSPS) is 12.1. The molecule has 1 amide bonds. The highest BCUT2D eigenvalue weighted by Gasteiger charge is 2.04. The summed E-state index contributed by atoms with van der Waals surface area (Å²) >= 11 is 1.65. The highest BCUT2D eigenvalue weighted by atomic mass is 32.2. The van der Waals surface area contributed by atoms with Crippen molar-refractivity contribution in [3.63, 3.8) is 0 Å². The minimum atomic E-state index is 0.135. The SMILES string of the molecule is CC[C@@H](C)NC(=O)CSCc1ccccc1. The van der Waals surface area contributed by atoms with Gasteiger partial charge in [0, 0.05) is 11.8 Å². The molecule has 0 aliphatic heterocycles. The lowest BCUT2D eigenvalue weighted by atomic mass is 10.2. The lowest BCUT2D eigenvalue weighted by Gasteiger charge is -2.10. The van der Waals surface area contributed by atoms with Crippen LogP contribution in [0.25, 0.3) is 0 Å². The van der Waals surface area contributed by atoms with Crippen LogP contribution < -0.4 is 5.32 Å². The molecule has 0 aromatic heterocycles. The molecule has 0 aliphatic rings. The second-order valence-electron chi connectivity index (χ2n) is 3.86. The first-order valence-corrected chi connectivity index (χ1v) is 6.79. The molecule has 0 aliphatic carbocycles. The van der Waals surface area contributed by atoms with Crippen LogP contribution in [0.15, 0.2) is 30.3 Å². The van der Waals surface area contributed by atoms with Gasteiger partial charge in [-0.2, -0.15) is 0 Å². The van der Waals surface area contributed by atoms with Crippen LogP contribution >= 0.6 is 11.8 Å². The molecule has 1 atom stereocenters. The summed E-state index contributed by atoms with van der Waals surface area (Å²) in [6, 6.07) is 10.5. The number of carbonyl (C=O) groups excluding carboxylic acids is 1. The van der Waals surface area contributed by atoms with E-state index in [0.717, 1.165) is 12.2 Å². The maximum atomic E-state index is 11.5. The Bertz CT molecular complexity index is 313. The summed E-state index contributed by atoms with van der Waals surface area (Å²) in [4.78, 5) is 11.5. The zero-order chi connectivity index (χ0) is 11.8. The molecule has 0 fully saturated rings. The summed E-state index contributed by atoms with van der Waals surface area (Å²) in [6.45, 7) is 4.10. The summed E-state index contributed by atoms with van der Waals surface area (Å²) in [5.41, 5.74) is 1.27. The van der Waals surface area contributed by atoms with E-state index < -0.39 is 0 Å². The summed E-state index contributed by atoms with van der Waals surface area (Å²) in [7, 11) is 0. The van der Waals surface area contributed by atoms with Gasteiger partial charge >= 0.3 is 0 Å². The van der Waals surface area contributed by atoms with Gasteiger partial charge in [-0.3, -0.25) is 4.79 Å². The van der Waals surface area contributed by atoms with Gasteiger partial charge in [0.05, 0.1) is 5.75 Å². The Morgan fingerprint density at radius 2 is 2.06 bits per heavy atom.